The molecule has 2 N–H and O–H groups in total. The van der Waals surface area contributed by atoms with E-state index in [4.69, 9.17) is 5.73 Å². The minimum absolute atomic E-state index is 0.167. The lowest BCUT2D eigenvalue weighted by Gasteiger charge is -2.38. The molecule has 0 unspecified atom stereocenters. The third-order valence-electron chi connectivity index (χ3n) is 2.97. The molecule has 0 aliphatic heterocycles. The molecular formula is C10H20N2O. The fourth-order valence-corrected chi connectivity index (χ4v) is 1.80. The summed E-state index contributed by atoms with van der Waals surface area (Å²) >= 11 is 0. The van der Waals surface area contributed by atoms with Crippen LogP contribution in [0.3, 0.4) is 0 Å². The van der Waals surface area contributed by atoms with Crippen LogP contribution in [0.1, 0.15) is 39.5 Å². The lowest BCUT2D eigenvalue weighted by atomic mass is 9.75. The van der Waals surface area contributed by atoms with Crippen molar-refractivity contribution in [3.63, 3.8) is 0 Å². The second kappa shape index (κ2) is 4.09. The summed E-state index contributed by atoms with van der Waals surface area (Å²) < 4.78 is 0. The molecule has 13 heavy (non-hydrogen) atoms. The first-order valence-electron chi connectivity index (χ1n) is 5.18. The van der Waals surface area contributed by atoms with Gasteiger partial charge >= 0.3 is 0 Å². The Morgan fingerprint density at radius 1 is 1.38 bits per heavy atom. The van der Waals surface area contributed by atoms with E-state index in [1.165, 1.54) is 6.42 Å². The molecule has 0 bridgehead atoms. The summed E-state index contributed by atoms with van der Waals surface area (Å²) in [4.78, 5) is 13.5. The van der Waals surface area contributed by atoms with Crippen molar-refractivity contribution in [1.82, 2.24) is 4.90 Å². The molecule has 0 aromatic carbocycles. The smallest absolute Gasteiger partial charge is 0.224 e. The zero-order valence-corrected chi connectivity index (χ0v) is 8.68. The van der Waals surface area contributed by atoms with Crippen LogP contribution in [0.5, 0.6) is 0 Å². The maximum absolute atomic E-state index is 11.7. The molecule has 0 spiro atoms. The Labute approximate surface area is 80.3 Å². The Bertz CT molecular complexity index is 183. The largest absolute Gasteiger partial charge is 0.343 e. The maximum atomic E-state index is 11.7. The minimum Gasteiger partial charge on any atom is -0.343 e. The third-order valence-corrected chi connectivity index (χ3v) is 2.97. The molecule has 0 radical (unpaired) electrons. The summed E-state index contributed by atoms with van der Waals surface area (Å²) in [5.41, 5.74) is 5.84. The monoisotopic (exact) mass is 184 g/mol. The van der Waals surface area contributed by atoms with Gasteiger partial charge in [-0.15, -0.1) is 0 Å². The number of nitrogens with two attached hydrogens (primary N) is 1. The van der Waals surface area contributed by atoms with Crippen LogP contribution in [0.4, 0.5) is 0 Å². The van der Waals surface area contributed by atoms with Gasteiger partial charge in [0.2, 0.25) is 5.91 Å². The second-order valence-corrected chi connectivity index (χ2v) is 3.96. The van der Waals surface area contributed by atoms with Crippen molar-refractivity contribution in [1.29, 1.82) is 0 Å². The lowest BCUT2D eigenvalue weighted by Crippen LogP contribution is -2.50. The first-order chi connectivity index (χ1) is 6.11. The normalized spacial score (nSPS) is 19.3. The van der Waals surface area contributed by atoms with E-state index in [1.54, 1.807) is 0 Å². The molecule has 0 heterocycles. The van der Waals surface area contributed by atoms with Crippen molar-refractivity contribution in [2.75, 3.05) is 13.1 Å². The Morgan fingerprint density at radius 3 is 2.23 bits per heavy atom. The van der Waals surface area contributed by atoms with E-state index in [2.05, 4.69) is 0 Å². The first kappa shape index (κ1) is 10.5. The highest BCUT2D eigenvalue weighted by Crippen LogP contribution is 2.32. The zero-order chi connectivity index (χ0) is 9.90. The summed E-state index contributed by atoms with van der Waals surface area (Å²) in [6, 6.07) is 0. The van der Waals surface area contributed by atoms with Gasteiger partial charge in [0.25, 0.3) is 0 Å². The van der Waals surface area contributed by atoms with Gasteiger partial charge in [0.15, 0.2) is 0 Å². The van der Waals surface area contributed by atoms with Crippen molar-refractivity contribution in [3.8, 4) is 0 Å². The van der Waals surface area contributed by atoms with Crippen molar-refractivity contribution in [2.45, 2.75) is 45.1 Å². The highest BCUT2D eigenvalue weighted by atomic mass is 16.2. The number of rotatable bonds is 4. The molecular weight excluding hydrogens is 164 g/mol. The molecule has 1 rings (SSSR count). The van der Waals surface area contributed by atoms with Gasteiger partial charge in [0.1, 0.15) is 0 Å². The van der Waals surface area contributed by atoms with Gasteiger partial charge in [-0.2, -0.15) is 0 Å². The second-order valence-electron chi connectivity index (χ2n) is 3.96. The third kappa shape index (κ3) is 2.44. The summed E-state index contributed by atoms with van der Waals surface area (Å²) in [6.45, 7) is 5.60. The van der Waals surface area contributed by atoms with E-state index in [9.17, 15) is 4.79 Å². The quantitative estimate of drug-likeness (QED) is 0.712. The van der Waals surface area contributed by atoms with Gasteiger partial charge in [0.05, 0.1) is 0 Å². The molecule has 3 nitrogen and oxygen atoms in total. The van der Waals surface area contributed by atoms with E-state index >= 15 is 0 Å². The van der Waals surface area contributed by atoms with Crippen molar-refractivity contribution >= 4 is 5.91 Å². The molecule has 1 amide bonds. The molecule has 1 fully saturated rings. The predicted molar refractivity (Wildman–Crippen MR) is 53.3 cm³/mol. The summed E-state index contributed by atoms with van der Waals surface area (Å²) in [6.07, 6.45) is 3.75. The summed E-state index contributed by atoms with van der Waals surface area (Å²) in [5, 5.41) is 0. The minimum atomic E-state index is -0.167. The number of carbonyl (C=O) groups excluding carboxylic acids is 1. The fraction of sp³-hybridized carbons (Fsp3) is 0.900. The molecule has 0 aromatic heterocycles. The van der Waals surface area contributed by atoms with Gasteiger partial charge in [-0.25, -0.2) is 0 Å². The predicted octanol–water partition coefficient (Wildman–Crippen LogP) is 1.13. The van der Waals surface area contributed by atoms with E-state index in [0.29, 0.717) is 6.42 Å². The van der Waals surface area contributed by atoms with E-state index < -0.39 is 0 Å². The SMILES string of the molecule is CCN(CC)C(=O)CC1(N)CCC1. The number of carbonyl (C=O) groups is 1. The van der Waals surface area contributed by atoms with Gasteiger partial charge in [0, 0.05) is 25.0 Å². The first-order valence-corrected chi connectivity index (χ1v) is 5.18. The Morgan fingerprint density at radius 2 is 1.92 bits per heavy atom. The summed E-state index contributed by atoms with van der Waals surface area (Å²) in [5.74, 6) is 0.215. The van der Waals surface area contributed by atoms with Crippen LogP contribution in [0.15, 0.2) is 0 Å². The highest BCUT2D eigenvalue weighted by molar-refractivity contribution is 5.77. The highest BCUT2D eigenvalue weighted by Gasteiger charge is 2.35. The Kier molecular flexibility index (Phi) is 3.31. The van der Waals surface area contributed by atoms with Gasteiger partial charge < -0.3 is 10.6 Å². The fourth-order valence-electron chi connectivity index (χ4n) is 1.80. The van der Waals surface area contributed by atoms with Crippen LogP contribution in [-0.2, 0) is 4.79 Å². The number of hydrogen-bond acceptors (Lipinski definition) is 2. The van der Waals surface area contributed by atoms with Gasteiger partial charge in [-0.3, -0.25) is 4.79 Å². The Hall–Kier alpha value is -0.570. The van der Waals surface area contributed by atoms with Crippen LogP contribution >= 0.6 is 0 Å². The van der Waals surface area contributed by atoms with Crippen molar-refractivity contribution in [2.24, 2.45) is 5.73 Å². The van der Waals surface area contributed by atoms with Gasteiger partial charge in [-0.05, 0) is 33.1 Å². The number of amides is 1. The maximum Gasteiger partial charge on any atom is 0.224 e. The van der Waals surface area contributed by atoms with Crippen LogP contribution in [0.2, 0.25) is 0 Å². The molecule has 0 aromatic rings. The molecule has 1 aliphatic carbocycles. The van der Waals surface area contributed by atoms with Gasteiger partial charge in [-0.1, -0.05) is 0 Å². The Balaban J connectivity index is 2.39. The molecule has 0 saturated heterocycles. The number of hydrogen-bond donors (Lipinski definition) is 1. The average Bonchev–Trinajstić information content (AvgIpc) is 2.04. The van der Waals surface area contributed by atoms with E-state index in [-0.39, 0.29) is 11.4 Å². The molecule has 1 aliphatic rings. The lowest BCUT2D eigenvalue weighted by molar-refractivity contribution is -0.132. The van der Waals surface area contributed by atoms with E-state index in [0.717, 1.165) is 25.9 Å². The standard InChI is InChI=1S/C10H20N2O/c1-3-12(4-2)9(13)8-10(11)6-5-7-10/h3-8,11H2,1-2H3. The van der Waals surface area contributed by atoms with E-state index in [1.807, 2.05) is 18.7 Å². The average molecular weight is 184 g/mol. The van der Waals surface area contributed by atoms with Crippen LogP contribution in [-0.4, -0.2) is 29.4 Å². The molecule has 3 heteroatoms. The topological polar surface area (TPSA) is 46.3 Å². The summed E-state index contributed by atoms with van der Waals surface area (Å²) in [7, 11) is 0. The zero-order valence-electron chi connectivity index (χ0n) is 8.68. The van der Waals surface area contributed by atoms with Crippen LogP contribution < -0.4 is 5.73 Å². The van der Waals surface area contributed by atoms with Crippen LogP contribution in [0, 0.1) is 0 Å². The van der Waals surface area contributed by atoms with Crippen LogP contribution in [0.25, 0.3) is 0 Å². The molecule has 1 saturated carbocycles. The molecule has 0 atom stereocenters. The van der Waals surface area contributed by atoms with Crippen molar-refractivity contribution in [3.05, 3.63) is 0 Å². The number of nitrogens with zero attached hydrogens (tertiary/aromatic N) is 1. The molecule has 76 valence electrons. The van der Waals surface area contributed by atoms with Crippen molar-refractivity contribution < 1.29 is 4.79 Å².